The van der Waals surface area contributed by atoms with Gasteiger partial charge in [0, 0.05) is 12.1 Å². The molecule has 4 aromatic rings. The lowest BCUT2D eigenvalue weighted by Gasteiger charge is -2.15. The summed E-state index contributed by atoms with van der Waals surface area (Å²) in [6.45, 7) is 4.01. The van der Waals surface area contributed by atoms with Crippen LogP contribution in [0.2, 0.25) is 0 Å². The van der Waals surface area contributed by atoms with Gasteiger partial charge in [-0.15, -0.1) is 0 Å². The summed E-state index contributed by atoms with van der Waals surface area (Å²) in [6, 6.07) is 22.7. The number of non-ortho nitro benzene ring substituents is 1. The monoisotopic (exact) mass is 480 g/mol. The van der Waals surface area contributed by atoms with E-state index in [4.69, 9.17) is 9.47 Å². The second kappa shape index (κ2) is 8.99. The Balaban J connectivity index is 1.40. The Morgan fingerprint density at radius 1 is 0.667 bits per heavy atom. The summed E-state index contributed by atoms with van der Waals surface area (Å²) < 4.78 is 11.7. The zero-order valence-corrected chi connectivity index (χ0v) is 19.4. The molecule has 178 valence electrons. The van der Waals surface area contributed by atoms with Gasteiger partial charge >= 0.3 is 0 Å². The van der Waals surface area contributed by atoms with Crippen LogP contribution in [-0.4, -0.2) is 16.7 Å². The average Bonchev–Trinajstić information content (AvgIpc) is 3.11. The van der Waals surface area contributed by atoms with Crippen molar-refractivity contribution in [2.24, 2.45) is 0 Å². The Kier molecular flexibility index (Phi) is 5.69. The molecule has 0 spiro atoms. The number of nitro benzene ring substituents is 1. The van der Waals surface area contributed by atoms with E-state index in [2.05, 4.69) is 0 Å². The van der Waals surface area contributed by atoms with Crippen LogP contribution in [0.1, 0.15) is 31.8 Å². The fourth-order valence-corrected chi connectivity index (χ4v) is 3.91. The first-order valence-electron chi connectivity index (χ1n) is 11.1. The van der Waals surface area contributed by atoms with Gasteiger partial charge in [-0.3, -0.25) is 19.7 Å². The first-order valence-corrected chi connectivity index (χ1v) is 11.1. The lowest BCUT2D eigenvalue weighted by atomic mass is 10.1. The molecule has 0 saturated heterocycles. The number of benzene rings is 4. The number of fused-ring (bicyclic) bond motifs is 1. The molecule has 36 heavy (non-hydrogen) atoms. The Labute approximate surface area is 206 Å². The third-order valence-corrected chi connectivity index (χ3v) is 5.91. The van der Waals surface area contributed by atoms with Crippen molar-refractivity contribution in [3.8, 4) is 23.0 Å². The van der Waals surface area contributed by atoms with Crippen molar-refractivity contribution in [2.75, 3.05) is 4.90 Å². The number of nitrogens with zero attached hydrogens (tertiary/aromatic N) is 2. The first-order chi connectivity index (χ1) is 17.3. The molecule has 0 N–H and O–H groups in total. The lowest BCUT2D eigenvalue weighted by molar-refractivity contribution is -0.384. The van der Waals surface area contributed by atoms with Crippen molar-refractivity contribution in [1.29, 1.82) is 0 Å². The normalized spacial score (nSPS) is 12.4. The fourth-order valence-electron chi connectivity index (χ4n) is 3.91. The molecule has 5 rings (SSSR count). The summed E-state index contributed by atoms with van der Waals surface area (Å²) in [6.07, 6.45) is 0. The Morgan fingerprint density at radius 3 is 2.00 bits per heavy atom. The van der Waals surface area contributed by atoms with E-state index in [1.807, 2.05) is 32.0 Å². The summed E-state index contributed by atoms with van der Waals surface area (Å²) in [5.74, 6) is 0.712. The lowest BCUT2D eigenvalue weighted by Crippen LogP contribution is -2.29. The second-order valence-corrected chi connectivity index (χ2v) is 8.36. The van der Waals surface area contributed by atoms with Crippen molar-refractivity contribution in [2.45, 2.75) is 13.8 Å². The summed E-state index contributed by atoms with van der Waals surface area (Å²) in [5, 5.41) is 11.0. The van der Waals surface area contributed by atoms with Crippen LogP contribution >= 0.6 is 0 Å². The maximum absolute atomic E-state index is 13.2. The number of rotatable bonds is 6. The molecular weight excluding hydrogens is 460 g/mol. The molecule has 8 heteroatoms. The summed E-state index contributed by atoms with van der Waals surface area (Å²) in [4.78, 5) is 37.9. The molecule has 0 fully saturated rings. The second-order valence-electron chi connectivity index (χ2n) is 8.36. The smallest absolute Gasteiger partial charge is 0.273 e. The molecule has 8 nitrogen and oxygen atoms in total. The molecular formula is C28H20N2O6. The van der Waals surface area contributed by atoms with Gasteiger partial charge in [-0.1, -0.05) is 18.2 Å². The topological polar surface area (TPSA) is 99.0 Å². The van der Waals surface area contributed by atoms with Crippen molar-refractivity contribution in [3.63, 3.8) is 0 Å². The van der Waals surface area contributed by atoms with E-state index in [1.54, 1.807) is 36.4 Å². The van der Waals surface area contributed by atoms with Gasteiger partial charge in [-0.2, -0.15) is 0 Å². The van der Waals surface area contributed by atoms with Gasteiger partial charge in [0.1, 0.15) is 23.0 Å². The van der Waals surface area contributed by atoms with Crippen LogP contribution < -0.4 is 14.4 Å². The highest BCUT2D eigenvalue weighted by atomic mass is 16.6. The zero-order valence-electron chi connectivity index (χ0n) is 19.4. The maximum atomic E-state index is 13.2. The van der Waals surface area contributed by atoms with E-state index in [0.29, 0.717) is 17.2 Å². The van der Waals surface area contributed by atoms with Gasteiger partial charge in [0.15, 0.2) is 0 Å². The van der Waals surface area contributed by atoms with Crippen LogP contribution in [0.3, 0.4) is 0 Å². The van der Waals surface area contributed by atoms with Crippen LogP contribution in [0.4, 0.5) is 11.4 Å². The number of imide groups is 1. The van der Waals surface area contributed by atoms with Crippen molar-refractivity contribution >= 4 is 23.2 Å². The molecule has 4 aromatic carbocycles. The van der Waals surface area contributed by atoms with Crippen molar-refractivity contribution < 1.29 is 24.0 Å². The first kappa shape index (κ1) is 22.8. The molecule has 0 saturated carbocycles. The molecule has 1 heterocycles. The molecule has 1 aliphatic rings. The third-order valence-electron chi connectivity index (χ3n) is 5.91. The van der Waals surface area contributed by atoms with E-state index in [0.717, 1.165) is 16.0 Å². The molecule has 1 aliphatic heterocycles. The number of carbonyl (C=O) groups excluding carboxylic acids is 2. The highest BCUT2D eigenvalue weighted by molar-refractivity contribution is 6.34. The van der Waals surface area contributed by atoms with Crippen LogP contribution in [0.25, 0.3) is 0 Å². The highest BCUT2D eigenvalue weighted by Crippen LogP contribution is 2.35. The summed E-state index contributed by atoms with van der Waals surface area (Å²) >= 11 is 0. The van der Waals surface area contributed by atoms with Gasteiger partial charge in [-0.25, -0.2) is 4.90 Å². The SMILES string of the molecule is Cc1ccc(Oc2cccc(N3C(=O)c4ccc(Oc5cccc([N+](=O)[O-])c5)cc4C3=O)c2)cc1C. The molecule has 0 atom stereocenters. The van der Waals surface area contributed by atoms with Gasteiger partial charge in [0.2, 0.25) is 0 Å². The molecule has 0 unspecified atom stereocenters. The predicted molar refractivity (Wildman–Crippen MR) is 133 cm³/mol. The highest BCUT2D eigenvalue weighted by Gasteiger charge is 2.37. The van der Waals surface area contributed by atoms with E-state index in [-0.39, 0.29) is 28.3 Å². The molecule has 0 radical (unpaired) electrons. The van der Waals surface area contributed by atoms with E-state index >= 15 is 0 Å². The summed E-state index contributed by atoms with van der Waals surface area (Å²) in [7, 11) is 0. The number of hydrogen-bond acceptors (Lipinski definition) is 6. The predicted octanol–water partition coefficient (Wildman–Crippen LogP) is 6.60. The number of aryl methyl sites for hydroxylation is 2. The number of amides is 2. The van der Waals surface area contributed by atoms with Crippen LogP contribution in [0.15, 0.2) is 84.9 Å². The van der Waals surface area contributed by atoms with E-state index in [9.17, 15) is 19.7 Å². The number of ether oxygens (including phenoxy) is 2. The number of nitro groups is 1. The fraction of sp³-hybridized carbons (Fsp3) is 0.0714. The van der Waals surface area contributed by atoms with Gasteiger partial charge in [0.25, 0.3) is 17.5 Å². The van der Waals surface area contributed by atoms with Crippen LogP contribution in [0.5, 0.6) is 23.0 Å². The van der Waals surface area contributed by atoms with Crippen LogP contribution in [-0.2, 0) is 0 Å². The minimum Gasteiger partial charge on any atom is -0.457 e. The van der Waals surface area contributed by atoms with E-state index in [1.165, 1.54) is 30.3 Å². The number of hydrogen-bond donors (Lipinski definition) is 0. The number of anilines is 1. The Hall–Kier alpha value is -4.98. The minimum atomic E-state index is -0.520. The van der Waals surface area contributed by atoms with Crippen LogP contribution in [0, 0.1) is 24.0 Å². The quantitative estimate of drug-likeness (QED) is 0.175. The standard InChI is InChI=1S/C28H20N2O6/c1-17-9-10-23(13-18(17)2)35-21-7-3-5-19(14-21)29-27(31)25-12-11-24(16-26(25)28(29)32)36-22-8-4-6-20(15-22)30(33)34/h3-16H,1-2H3. The molecule has 2 amide bonds. The number of carbonyl (C=O) groups is 2. The molecule has 0 bridgehead atoms. The molecule has 0 aromatic heterocycles. The van der Waals surface area contributed by atoms with Crippen molar-refractivity contribution in [3.05, 3.63) is 117 Å². The van der Waals surface area contributed by atoms with Crippen molar-refractivity contribution in [1.82, 2.24) is 0 Å². The van der Waals surface area contributed by atoms with Gasteiger partial charge in [0.05, 0.1) is 27.8 Å². The largest absolute Gasteiger partial charge is 0.457 e. The third kappa shape index (κ3) is 4.27. The van der Waals surface area contributed by atoms with E-state index < -0.39 is 16.7 Å². The van der Waals surface area contributed by atoms with Gasteiger partial charge in [-0.05, 0) is 73.5 Å². The Morgan fingerprint density at radius 2 is 1.28 bits per heavy atom. The molecule has 0 aliphatic carbocycles. The average molecular weight is 480 g/mol. The Bertz CT molecular complexity index is 1550. The zero-order chi connectivity index (χ0) is 25.4. The minimum absolute atomic E-state index is 0.117. The maximum Gasteiger partial charge on any atom is 0.273 e. The summed E-state index contributed by atoms with van der Waals surface area (Å²) in [5.41, 5.74) is 2.93. The van der Waals surface area contributed by atoms with Gasteiger partial charge < -0.3 is 9.47 Å².